The van der Waals surface area contributed by atoms with Crippen molar-refractivity contribution < 1.29 is 33.3 Å². The molecule has 0 unspecified atom stereocenters. The summed E-state index contributed by atoms with van der Waals surface area (Å²) < 4.78 is 27.7. The summed E-state index contributed by atoms with van der Waals surface area (Å²) in [6.45, 7) is 0. The number of carboxylic acids is 1. The van der Waals surface area contributed by atoms with Crippen molar-refractivity contribution in [2.45, 2.75) is 0 Å². The molecule has 1 aromatic rings. The molecule has 0 saturated carbocycles. The van der Waals surface area contributed by atoms with E-state index in [1.807, 2.05) is 0 Å². The van der Waals surface area contributed by atoms with Crippen molar-refractivity contribution >= 4 is 23.5 Å². The third kappa shape index (κ3) is 3.39. The van der Waals surface area contributed by atoms with E-state index in [4.69, 9.17) is 21.4 Å². The summed E-state index contributed by atoms with van der Waals surface area (Å²) in [6, 6.07) is 2.21. The van der Waals surface area contributed by atoms with Crippen LogP contribution in [0.1, 0.15) is 10.4 Å². The molecule has 0 fully saturated rings. The maximum atomic E-state index is 13.7. The van der Waals surface area contributed by atoms with E-state index in [0.29, 0.717) is 0 Å². The standard InChI is InChI=1S/C12H10ClFO6/c1-18-5-8(12(17)19-2)20-7-4-3-6(13)10(14)9(7)11(15)16/h3-5H,1-2H3,(H,15,16)/b8-5+. The predicted molar refractivity (Wildman–Crippen MR) is 66.1 cm³/mol. The van der Waals surface area contributed by atoms with Gasteiger partial charge in [-0.15, -0.1) is 0 Å². The van der Waals surface area contributed by atoms with Gasteiger partial charge in [0, 0.05) is 0 Å². The molecule has 0 aliphatic rings. The number of carboxylic acid groups (broad SMARTS) is 1. The quantitative estimate of drug-likeness (QED) is 0.510. The Bertz CT molecular complexity index is 569. The van der Waals surface area contributed by atoms with Crippen LogP contribution in [0.15, 0.2) is 24.2 Å². The fourth-order valence-corrected chi connectivity index (χ4v) is 1.41. The van der Waals surface area contributed by atoms with Gasteiger partial charge in [-0.1, -0.05) is 11.6 Å². The second kappa shape index (κ2) is 6.76. The molecule has 1 rings (SSSR count). The lowest BCUT2D eigenvalue weighted by atomic mass is 10.2. The second-order valence-corrected chi connectivity index (χ2v) is 3.76. The maximum Gasteiger partial charge on any atom is 0.377 e. The number of esters is 1. The lowest BCUT2D eigenvalue weighted by molar-refractivity contribution is -0.138. The van der Waals surface area contributed by atoms with E-state index in [2.05, 4.69) is 9.47 Å². The first kappa shape index (κ1) is 15.8. The molecule has 0 saturated heterocycles. The second-order valence-electron chi connectivity index (χ2n) is 3.35. The molecule has 0 aliphatic carbocycles. The number of benzene rings is 1. The number of halogens is 2. The molecule has 1 N–H and O–H groups in total. The van der Waals surface area contributed by atoms with Crippen molar-refractivity contribution in [2.75, 3.05) is 14.2 Å². The summed E-state index contributed by atoms with van der Waals surface area (Å²) in [5.41, 5.74) is -0.802. The number of ether oxygens (including phenoxy) is 3. The van der Waals surface area contributed by atoms with Gasteiger partial charge in [0.1, 0.15) is 17.6 Å². The largest absolute Gasteiger partial charge is 0.500 e. The summed E-state index contributed by atoms with van der Waals surface area (Å²) >= 11 is 5.49. The Morgan fingerprint density at radius 1 is 1.35 bits per heavy atom. The molecule has 0 heterocycles. The van der Waals surface area contributed by atoms with Gasteiger partial charge in [0.25, 0.3) is 0 Å². The fraction of sp³-hybridized carbons (Fsp3) is 0.167. The van der Waals surface area contributed by atoms with E-state index in [1.165, 1.54) is 7.11 Å². The van der Waals surface area contributed by atoms with Crippen LogP contribution in [-0.2, 0) is 14.3 Å². The molecule has 0 spiro atoms. The summed E-state index contributed by atoms with van der Waals surface area (Å²) in [5.74, 6) is -4.54. The normalized spacial score (nSPS) is 10.9. The zero-order chi connectivity index (χ0) is 15.3. The van der Waals surface area contributed by atoms with Crippen LogP contribution in [0.25, 0.3) is 0 Å². The fourth-order valence-electron chi connectivity index (χ4n) is 1.26. The minimum Gasteiger partial charge on any atom is -0.500 e. The Hall–Kier alpha value is -2.28. The Morgan fingerprint density at radius 2 is 2.00 bits per heavy atom. The maximum absolute atomic E-state index is 13.7. The van der Waals surface area contributed by atoms with Gasteiger partial charge in [-0.3, -0.25) is 0 Å². The molecule has 0 amide bonds. The first-order valence-electron chi connectivity index (χ1n) is 5.12. The SMILES string of the molecule is CO/C=C(/Oc1ccc(Cl)c(F)c1C(=O)O)C(=O)OC. The number of hydrogen-bond donors (Lipinski definition) is 1. The number of methoxy groups -OCH3 is 2. The third-order valence-electron chi connectivity index (χ3n) is 2.10. The van der Waals surface area contributed by atoms with Crippen LogP contribution in [0.4, 0.5) is 4.39 Å². The monoisotopic (exact) mass is 304 g/mol. The highest BCUT2D eigenvalue weighted by Crippen LogP contribution is 2.29. The molecule has 0 atom stereocenters. The van der Waals surface area contributed by atoms with Crippen LogP contribution in [-0.4, -0.2) is 31.3 Å². The van der Waals surface area contributed by atoms with E-state index in [9.17, 15) is 14.0 Å². The van der Waals surface area contributed by atoms with Gasteiger partial charge in [-0.05, 0) is 12.1 Å². The van der Waals surface area contributed by atoms with Crippen molar-refractivity contribution in [3.63, 3.8) is 0 Å². The summed E-state index contributed by atoms with van der Waals surface area (Å²) in [7, 11) is 2.34. The average Bonchev–Trinajstić information content (AvgIpc) is 2.41. The topological polar surface area (TPSA) is 82.1 Å². The first-order valence-corrected chi connectivity index (χ1v) is 5.50. The van der Waals surface area contributed by atoms with Gasteiger partial charge < -0.3 is 19.3 Å². The highest BCUT2D eigenvalue weighted by atomic mass is 35.5. The van der Waals surface area contributed by atoms with E-state index < -0.39 is 34.8 Å². The van der Waals surface area contributed by atoms with Crippen molar-refractivity contribution in [1.29, 1.82) is 0 Å². The zero-order valence-electron chi connectivity index (χ0n) is 10.5. The molecule has 0 aliphatic heterocycles. The van der Waals surface area contributed by atoms with E-state index in [-0.39, 0.29) is 5.02 Å². The summed E-state index contributed by atoms with van der Waals surface area (Å²) in [4.78, 5) is 22.4. The van der Waals surface area contributed by atoms with E-state index in [0.717, 1.165) is 25.5 Å². The molecular formula is C12H10ClFO6. The van der Waals surface area contributed by atoms with Crippen molar-refractivity contribution in [3.05, 3.63) is 40.6 Å². The lowest BCUT2D eigenvalue weighted by Crippen LogP contribution is -2.14. The van der Waals surface area contributed by atoms with Gasteiger partial charge in [0.15, 0.2) is 5.82 Å². The Labute approximate surface area is 118 Å². The van der Waals surface area contributed by atoms with Crippen LogP contribution in [0.5, 0.6) is 5.75 Å². The van der Waals surface area contributed by atoms with Crippen LogP contribution in [0, 0.1) is 5.82 Å². The molecule has 0 radical (unpaired) electrons. The molecule has 20 heavy (non-hydrogen) atoms. The molecule has 1 aromatic carbocycles. The van der Waals surface area contributed by atoms with Crippen LogP contribution in [0.2, 0.25) is 5.02 Å². The van der Waals surface area contributed by atoms with Crippen LogP contribution >= 0.6 is 11.6 Å². The van der Waals surface area contributed by atoms with Crippen LogP contribution < -0.4 is 4.74 Å². The smallest absolute Gasteiger partial charge is 0.377 e. The molecule has 0 aromatic heterocycles. The number of aromatic carboxylic acids is 1. The third-order valence-corrected chi connectivity index (χ3v) is 2.39. The van der Waals surface area contributed by atoms with Gasteiger partial charge >= 0.3 is 11.9 Å². The molecular weight excluding hydrogens is 295 g/mol. The Morgan fingerprint density at radius 3 is 2.50 bits per heavy atom. The molecule has 8 heteroatoms. The van der Waals surface area contributed by atoms with Gasteiger partial charge in [0.05, 0.1) is 19.2 Å². The number of rotatable bonds is 5. The first-order chi connectivity index (χ1) is 9.42. The van der Waals surface area contributed by atoms with Gasteiger partial charge in [-0.25, -0.2) is 14.0 Å². The van der Waals surface area contributed by atoms with Gasteiger partial charge in [-0.2, -0.15) is 0 Å². The zero-order valence-corrected chi connectivity index (χ0v) is 11.2. The summed E-state index contributed by atoms with van der Waals surface area (Å²) in [5, 5.41) is 8.58. The van der Waals surface area contributed by atoms with Gasteiger partial charge in [0.2, 0.25) is 5.76 Å². The minimum absolute atomic E-state index is 0.384. The highest BCUT2D eigenvalue weighted by molar-refractivity contribution is 6.31. The average molecular weight is 305 g/mol. The minimum atomic E-state index is -1.60. The predicted octanol–water partition coefficient (Wildman–Crippen LogP) is 2.22. The summed E-state index contributed by atoms with van der Waals surface area (Å²) in [6.07, 6.45) is 0.893. The van der Waals surface area contributed by atoms with Crippen molar-refractivity contribution in [3.8, 4) is 5.75 Å². The number of carbonyl (C=O) groups excluding carboxylic acids is 1. The Balaban J connectivity index is 3.27. The molecule has 0 bridgehead atoms. The number of hydrogen-bond acceptors (Lipinski definition) is 5. The van der Waals surface area contributed by atoms with Crippen molar-refractivity contribution in [1.82, 2.24) is 0 Å². The molecule has 6 nitrogen and oxygen atoms in total. The highest BCUT2D eigenvalue weighted by Gasteiger charge is 2.23. The van der Waals surface area contributed by atoms with E-state index in [1.54, 1.807) is 0 Å². The Kier molecular flexibility index (Phi) is 5.33. The number of carbonyl (C=O) groups is 2. The lowest BCUT2D eigenvalue weighted by Gasteiger charge is -2.11. The van der Waals surface area contributed by atoms with E-state index >= 15 is 0 Å². The van der Waals surface area contributed by atoms with Crippen molar-refractivity contribution in [2.24, 2.45) is 0 Å². The van der Waals surface area contributed by atoms with Crippen LogP contribution in [0.3, 0.4) is 0 Å². The molecule has 108 valence electrons.